The molecule has 0 radical (unpaired) electrons. The van der Waals surface area contributed by atoms with Crippen molar-refractivity contribution in [1.82, 2.24) is 13.7 Å². The first-order valence-corrected chi connectivity index (χ1v) is 38.9. The number of aromatic nitrogens is 3. The maximum absolute atomic E-state index is 12.7. The Kier molecular flexibility index (Phi) is 19.0. The normalized spacial score (nSPS) is 16.3. The minimum atomic E-state index is -3.17. The summed E-state index contributed by atoms with van der Waals surface area (Å²) in [5.41, 5.74) is 21.9. The molecule has 3 aliphatic heterocycles. The van der Waals surface area contributed by atoms with Crippen molar-refractivity contribution in [3.63, 3.8) is 0 Å². The quantitative estimate of drug-likeness (QED) is 0.0597. The van der Waals surface area contributed by atoms with Gasteiger partial charge in [-0.15, -0.1) is 0 Å². The first-order chi connectivity index (χ1) is 46.6. The highest BCUT2D eigenvalue weighted by Crippen LogP contribution is 2.38. The molecule has 18 nitrogen and oxygen atoms in total. The highest BCUT2D eigenvalue weighted by atomic mass is 32.2. The molecule has 6 heterocycles. The van der Waals surface area contributed by atoms with Crippen LogP contribution in [0, 0.1) is 32.6 Å². The number of carbonyl (C=O) groups excluding carboxylic acids is 4. The molecule has 0 saturated heterocycles. The Hall–Kier alpha value is -8.66. The summed E-state index contributed by atoms with van der Waals surface area (Å²) in [6.07, 6.45) is 8.20. The summed E-state index contributed by atoms with van der Waals surface area (Å²) in [6, 6.07) is 34.3. The standard InChI is InChI=1S/C29H33NO5S.C25H25NO5S.C24H28N2O4S/c1-18-23(14-19-6-10-27-22(13-19)11-12-36(27,33)34)24-15-20(16-26(31)21-7-8-21)5-9-25(24)30(18)17-28(32)35-29(2,3)4;1-15-20(11-16-3-7-24-19(10-16)8-9-32(24,30)31)21-12-17(13-23(27)18-4-5-18)2-6-22(21)26(15)14-25(28)29;1-15-19(12-16-5-8-22-17(11-16)9-10-31(22,28)29)20-13-18(25)6-7-21(20)26(15)14-23(27)30-24(2,3)4/h5-6,9-10,13,15,21H,7-8,11-12,14,16-17H2,1-4H3;2-3,6-7,10,12,18H,4-5,8-9,11,13-14H2,1H3,(H,28,29);5-8,11,13H,9-10,12,14,25H2,1-4H3. The second kappa shape index (κ2) is 26.8. The van der Waals surface area contributed by atoms with Crippen LogP contribution in [0.25, 0.3) is 32.7 Å². The maximum Gasteiger partial charge on any atom is 0.326 e. The molecule has 21 heteroatoms. The Morgan fingerprint density at radius 1 is 0.444 bits per heavy atom. The Balaban J connectivity index is 0.000000141. The molecular weight excluding hydrogens is 1310 g/mol. The van der Waals surface area contributed by atoms with Gasteiger partial charge in [0.15, 0.2) is 29.5 Å². The van der Waals surface area contributed by atoms with Crippen molar-refractivity contribution in [3.05, 3.63) is 187 Å². The van der Waals surface area contributed by atoms with Crippen molar-refractivity contribution < 1.29 is 63.8 Å². The van der Waals surface area contributed by atoms with Crippen molar-refractivity contribution >= 4 is 97.4 Å². The lowest BCUT2D eigenvalue weighted by Crippen LogP contribution is -2.26. The summed E-state index contributed by atoms with van der Waals surface area (Å²) in [4.78, 5) is 62.9. The zero-order valence-electron chi connectivity index (χ0n) is 57.7. The fourth-order valence-electron chi connectivity index (χ4n) is 14.3. The topological polar surface area (TPSA) is 267 Å². The van der Waals surface area contributed by atoms with E-state index in [1.165, 1.54) is 0 Å². The average Bonchev–Trinajstić information content (AvgIpc) is 1.70. The van der Waals surface area contributed by atoms with E-state index in [9.17, 15) is 54.3 Å². The van der Waals surface area contributed by atoms with Crippen LogP contribution >= 0.6 is 0 Å². The van der Waals surface area contributed by atoms with Crippen molar-refractivity contribution in [2.45, 2.75) is 185 Å². The van der Waals surface area contributed by atoms with Gasteiger partial charge in [0.2, 0.25) is 0 Å². The molecule has 5 aliphatic rings. The van der Waals surface area contributed by atoms with Crippen LogP contribution in [0.15, 0.2) is 124 Å². The third-order valence-corrected chi connectivity index (χ3v) is 24.9. The van der Waals surface area contributed by atoms with Gasteiger partial charge in [-0.3, -0.25) is 24.0 Å². The third-order valence-electron chi connectivity index (χ3n) is 19.5. The van der Waals surface area contributed by atoms with Gasteiger partial charge in [0.05, 0.1) is 31.9 Å². The summed E-state index contributed by atoms with van der Waals surface area (Å²) < 4.78 is 90.0. The smallest absolute Gasteiger partial charge is 0.326 e. The molecule has 9 aromatic rings. The molecule has 0 spiro atoms. The van der Waals surface area contributed by atoms with Gasteiger partial charge in [-0.25, -0.2) is 25.3 Å². The van der Waals surface area contributed by atoms with Gasteiger partial charge >= 0.3 is 17.9 Å². The molecule has 3 N–H and O–H groups in total. The number of nitrogens with two attached hydrogens (primary N) is 1. The summed E-state index contributed by atoms with van der Waals surface area (Å²) in [7, 11) is -9.48. The zero-order chi connectivity index (χ0) is 71.0. The van der Waals surface area contributed by atoms with E-state index < -0.39 is 46.7 Å². The second-order valence-electron chi connectivity index (χ2n) is 29.4. The Morgan fingerprint density at radius 2 is 0.758 bits per heavy atom. The number of nitrogen functional groups attached to an aromatic ring is 1. The molecule has 3 aromatic heterocycles. The number of esters is 2. The SMILES string of the molecule is Cc1c(Cc2ccc3c(c2)CCS3(=O)=O)c2cc(CC(=O)C3CC3)ccc2n1CC(=O)O.Cc1c(Cc2ccc3c(c2)CCS3(=O)=O)c2cc(CC(=O)C3CC3)ccc2n1CC(=O)OC(C)(C)C.Cc1c(Cc2ccc3c(c2)CCS3(=O)=O)c2cc(N)ccc2n1CC(=O)OC(C)(C)C. The van der Waals surface area contributed by atoms with E-state index in [1.807, 2.05) is 156 Å². The average molecular weight is 1400 g/mol. The van der Waals surface area contributed by atoms with E-state index in [4.69, 9.17) is 15.2 Å². The zero-order valence-corrected chi connectivity index (χ0v) is 60.1. The molecule has 14 rings (SSSR count). The molecule has 99 heavy (non-hydrogen) atoms. The Morgan fingerprint density at radius 3 is 1.08 bits per heavy atom. The highest BCUT2D eigenvalue weighted by Gasteiger charge is 2.33. The lowest BCUT2D eigenvalue weighted by atomic mass is 9.98. The number of Topliss-reactive ketones (excluding diaryl/α,β-unsaturated/α-hetero) is 2. The lowest BCUT2D eigenvalue weighted by Gasteiger charge is -2.20. The van der Waals surface area contributed by atoms with E-state index >= 15 is 0 Å². The van der Waals surface area contributed by atoms with Crippen LogP contribution in [0.3, 0.4) is 0 Å². The molecule has 0 unspecified atom stereocenters. The molecule has 0 atom stereocenters. The number of hydrogen-bond donors (Lipinski definition) is 2. The van der Waals surface area contributed by atoms with Gasteiger partial charge in [0.25, 0.3) is 0 Å². The minimum Gasteiger partial charge on any atom is -0.480 e. The van der Waals surface area contributed by atoms with Crippen molar-refractivity contribution in [2.75, 3.05) is 23.0 Å². The van der Waals surface area contributed by atoms with Crippen LogP contribution in [0.4, 0.5) is 5.69 Å². The van der Waals surface area contributed by atoms with Crippen LogP contribution in [-0.4, -0.2) is 102 Å². The van der Waals surface area contributed by atoms with Gasteiger partial charge < -0.3 is 34.0 Å². The molecule has 520 valence electrons. The number of benzene rings is 6. The molecule has 0 bridgehead atoms. The number of aryl methyl sites for hydroxylation is 3. The highest BCUT2D eigenvalue weighted by molar-refractivity contribution is 7.92. The number of sulfone groups is 3. The summed E-state index contributed by atoms with van der Waals surface area (Å²) in [5, 5.41) is 12.4. The molecule has 2 aliphatic carbocycles. The number of fused-ring (bicyclic) bond motifs is 6. The lowest BCUT2D eigenvalue weighted by molar-refractivity contribution is -0.156. The summed E-state index contributed by atoms with van der Waals surface area (Å²) in [6.45, 7) is 17.1. The fourth-order valence-corrected chi connectivity index (χ4v) is 18.9. The molecular formula is C78H86N4O14S3. The number of anilines is 1. The molecule has 0 amide bonds. The number of ketones is 2. The van der Waals surface area contributed by atoms with Gasteiger partial charge in [-0.2, -0.15) is 0 Å². The van der Waals surface area contributed by atoms with Crippen LogP contribution in [0.5, 0.6) is 0 Å². The maximum atomic E-state index is 12.7. The van der Waals surface area contributed by atoms with E-state index in [0.717, 1.165) is 137 Å². The van der Waals surface area contributed by atoms with Crippen molar-refractivity contribution in [3.8, 4) is 0 Å². The monoisotopic (exact) mass is 1400 g/mol. The van der Waals surface area contributed by atoms with Crippen LogP contribution in [0.1, 0.15) is 146 Å². The third kappa shape index (κ3) is 15.6. The Labute approximate surface area is 578 Å². The first kappa shape index (κ1) is 70.2. The number of ether oxygens (including phenoxy) is 2. The number of hydrogen-bond acceptors (Lipinski definition) is 14. The predicted molar refractivity (Wildman–Crippen MR) is 382 cm³/mol. The number of aliphatic carboxylic acids is 1. The number of carboxylic acids is 1. The van der Waals surface area contributed by atoms with Gasteiger partial charge in [-0.1, -0.05) is 48.5 Å². The van der Waals surface area contributed by atoms with Crippen LogP contribution in [0.2, 0.25) is 0 Å². The number of carboxylic acid groups (broad SMARTS) is 1. The van der Waals surface area contributed by atoms with Gasteiger partial charge in [0.1, 0.15) is 42.4 Å². The van der Waals surface area contributed by atoms with Crippen molar-refractivity contribution in [2.24, 2.45) is 11.8 Å². The molecule has 6 aromatic carbocycles. The van der Waals surface area contributed by atoms with Crippen LogP contribution in [-0.2, 0) is 134 Å². The Bertz CT molecular complexity index is 5180. The van der Waals surface area contributed by atoms with Crippen LogP contribution < -0.4 is 5.73 Å². The second-order valence-corrected chi connectivity index (χ2v) is 35.6. The number of nitrogens with zero attached hydrogens (tertiary/aromatic N) is 3. The summed E-state index contributed by atoms with van der Waals surface area (Å²) in [5.74, 6) is -0.0351. The number of carbonyl (C=O) groups is 5. The van der Waals surface area contributed by atoms with E-state index in [2.05, 4.69) is 6.07 Å². The first-order valence-electron chi connectivity index (χ1n) is 33.9. The number of rotatable bonds is 18. The predicted octanol–water partition coefficient (Wildman–Crippen LogP) is 12.0. The van der Waals surface area contributed by atoms with E-state index in [0.29, 0.717) is 77.5 Å². The molecule has 2 saturated carbocycles. The largest absolute Gasteiger partial charge is 0.480 e. The van der Waals surface area contributed by atoms with E-state index in [-0.39, 0.29) is 66.5 Å². The molecule has 2 fully saturated rings. The minimum absolute atomic E-state index is 0.0996. The van der Waals surface area contributed by atoms with Gasteiger partial charge in [0, 0.05) is 80.2 Å². The van der Waals surface area contributed by atoms with E-state index in [1.54, 1.807) is 22.8 Å². The van der Waals surface area contributed by atoms with Crippen molar-refractivity contribution in [1.29, 1.82) is 0 Å². The fraction of sp³-hybridized carbons (Fsp3) is 0.397. The summed E-state index contributed by atoms with van der Waals surface area (Å²) >= 11 is 0. The van der Waals surface area contributed by atoms with Gasteiger partial charge in [-0.05, 0) is 248 Å².